The van der Waals surface area contributed by atoms with Gasteiger partial charge in [-0.2, -0.15) is 0 Å². The average molecular weight is 214 g/mol. The summed E-state index contributed by atoms with van der Waals surface area (Å²) in [6, 6.07) is 9.91. The van der Waals surface area contributed by atoms with Crippen LogP contribution in [0.4, 0.5) is 4.79 Å². The van der Waals surface area contributed by atoms with Crippen LogP contribution in [0.3, 0.4) is 0 Å². The highest BCUT2D eigenvalue weighted by Crippen LogP contribution is 2.09. The van der Waals surface area contributed by atoms with E-state index < -0.39 is 0 Å². The summed E-state index contributed by atoms with van der Waals surface area (Å²) in [5, 5.41) is 0. The molecule has 1 heterocycles. The van der Waals surface area contributed by atoms with Crippen LogP contribution in [0.1, 0.15) is 5.56 Å². The molecule has 0 spiro atoms. The Kier molecular flexibility index (Phi) is 3.77. The van der Waals surface area contributed by atoms with Crippen LogP contribution in [0.2, 0.25) is 0 Å². The third kappa shape index (κ3) is 2.39. The Morgan fingerprint density at radius 1 is 1.29 bits per heavy atom. The Bertz CT molecular complexity index is 302. The van der Waals surface area contributed by atoms with Crippen LogP contribution in [-0.2, 0) is 11.3 Å². The lowest BCUT2D eigenvalue weighted by molar-refractivity contribution is 0.157. The van der Waals surface area contributed by atoms with Gasteiger partial charge in [-0.1, -0.05) is 30.3 Å². The van der Waals surface area contributed by atoms with Crippen molar-refractivity contribution in [1.82, 2.24) is 4.90 Å². The zero-order valence-corrected chi connectivity index (χ0v) is 8.50. The van der Waals surface area contributed by atoms with Crippen molar-refractivity contribution in [3.63, 3.8) is 0 Å². The molecular formula is C10H12ClNO2. The summed E-state index contributed by atoms with van der Waals surface area (Å²) in [5.41, 5.74) is 1.14. The van der Waals surface area contributed by atoms with Gasteiger partial charge in [0.05, 0.1) is 6.54 Å². The van der Waals surface area contributed by atoms with Crippen molar-refractivity contribution in [2.45, 2.75) is 6.54 Å². The van der Waals surface area contributed by atoms with Gasteiger partial charge < -0.3 is 9.64 Å². The van der Waals surface area contributed by atoms with Crippen LogP contribution in [0.15, 0.2) is 30.3 Å². The van der Waals surface area contributed by atoms with Crippen molar-refractivity contribution in [2.24, 2.45) is 0 Å². The zero-order valence-electron chi connectivity index (χ0n) is 7.68. The Morgan fingerprint density at radius 2 is 2.00 bits per heavy atom. The van der Waals surface area contributed by atoms with Crippen LogP contribution in [0.5, 0.6) is 0 Å². The van der Waals surface area contributed by atoms with Crippen molar-refractivity contribution in [2.75, 3.05) is 13.2 Å². The quantitative estimate of drug-likeness (QED) is 0.753. The summed E-state index contributed by atoms with van der Waals surface area (Å²) >= 11 is 0. The molecule has 1 saturated heterocycles. The van der Waals surface area contributed by atoms with Crippen LogP contribution < -0.4 is 0 Å². The predicted molar refractivity (Wildman–Crippen MR) is 55.4 cm³/mol. The molecule has 0 aromatic heterocycles. The zero-order chi connectivity index (χ0) is 9.10. The Morgan fingerprint density at radius 3 is 2.57 bits per heavy atom. The molecule has 1 fully saturated rings. The second-order valence-electron chi connectivity index (χ2n) is 3.02. The van der Waals surface area contributed by atoms with Crippen molar-refractivity contribution in [1.29, 1.82) is 0 Å². The number of nitrogens with zero attached hydrogens (tertiary/aromatic N) is 1. The molecule has 1 amide bonds. The molecule has 0 bridgehead atoms. The van der Waals surface area contributed by atoms with E-state index in [1.165, 1.54) is 0 Å². The highest BCUT2D eigenvalue weighted by Gasteiger charge is 2.21. The molecule has 1 aliphatic heterocycles. The van der Waals surface area contributed by atoms with Crippen LogP contribution >= 0.6 is 12.4 Å². The van der Waals surface area contributed by atoms with E-state index in [4.69, 9.17) is 4.74 Å². The number of halogens is 1. The summed E-state index contributed by atoms with van der Waals surface area (Å²) < 4.78 is 4.82. The molecule has 3 nitrogen and oxygen atoms in total. The third-order valence-electron chi connectivity index (χ3n) is 2.06. The van der Waals surface area contributed by atoms with E-state index in [9.17, 15) is 4.79 Å². The molecule has 1 aliphatic rings. The van der Waals surface area contributed by atoms with Gasteiger partial charge in [-0.3, -0.25) is 0 Å². The van der Waals surface area contributed by atoms with Gasteiger partial charge >= 0.3 is 6.09 Å². The van der Waals surface area contributed by atoms with Gasteiger partial charge in [-0.15, -0.1) is 12.4 Å². The fraction of sp³-hybridized carbons (Fsp3) is 0.300. The maximum absolute atomic E-state index is 11.1. The van der Waals surface area contributed by atoms with E-state index in [-0.39, 0.29) is 18.5 Å². The molecule has 76 valence electrons. The normalized spacial score (nSPS) is 14.9. The molecule has 14 heavy (non-hydrogen) atoms. The van der Waals surface area contributed by atoms with Crippen molar-refractivity contribution < 1.29 is 9.53 Å². The molecule has 4 heteroatoms. The number of hydrogen-bond donors (Lipinski definition) is 0. The lowest BCUT2D eigenvalue weighted by Gasteiger charge is -2.11. The molecule has 2 rings (SSSR count). The standard InChI is InChI=1S/C10H11NO2.ClH/c12-10-11(6-7-13-10)8-9-4-2-1-3-5-9;/h1-5H,6-8H2;1H. The number of benzene rings is 1. The first-order valence-electron chi connectivity index (χ1n) is 4.32. The Hall–Kier alpha value is -1.22. The molecule has 0 saturated carbocycles. The molecular weight excluding hydrogens is 202 g/mol. The first kappa shape index (κ1) is 10.9. The van der Waals surface area contributed by atoms with Gasteiger partial charge in [0.1, 0.15) is 6.61 Å². The lowest BCUT2D eigenvalue weighted by Crippen LogP contribution is -2.23. The van der Waals surface area contributed by atoms with Gasteiger partial charge in [0, 0.05) is 6.54 Å². The second-order valence-corrected chi connectivity index (χ2v) is 3.02. The van der Waals surface area contributed by atoms with Gasteiger partial charge in [0.25, 0.3) is 0 Å². The van der Waals surface area contributed by atoms with E-state index in [1.807, 2.05) is 30.3 Å². The van der Waals surface area contributed by atoms with Gasteiger partial charge in [0.15, 0.2) is 0 Å². The van der Waals surface area contributed by atoms with E-state index in [0.29, 0.717) is 19.7 Å². The average Bonchev–Trinajstić information content (AvgIpc) is 2.54. The van der Waals surface area contributed by atoms with Crippen molar-refractivity contribution in [3.8, 4) is 0 Å². The predicted octanol–water partition coefficient (Wildman–Crippen LogP) is 2.06. The number of amides is 1. The van der Waals surface area contributed by atoms with Crippen molar-refractivity contribution in [3.05, 3.63) is 35.9 Å². The Labute approximate surface area is 89.1 Å². The molecule has 1 aromatic rings. The molecule has 1 aromatic carbocycles. The first-order chi connectivity index (χ1) is 6.36. The summed E-state index contributed by atoms with van der Waals surface area (Å²) in [6.07, 6.45) is -0.205. The fourth-order valence-corrected chi connectivity index (χ4v) is 1.37. The lowest BCUT2D eigenvalue weighted by atomic mass is 10.2. The number of cyclic esters (lactones) is 1. The first-order valence-corrected chi connectivity index (χ1v) is 4.32. The summed E-state index contributed by atoms with van der Waals surface area (Å²) in [7, 11) is 0. The summed E-state index contributed by atoms with van der Waals surface area (Å²) in [4.78, 5) is 12.8. The van der Waals surface area contributed by atoms with Crippen LogP contribution in [0.25, 0.3) is 0 Å². The minimum Gasteiger partial charge on any atom is -0.448 e. The number of rotatable bonds is 2. The molecule has 0 unspecified atom stereocenters. The monoisotopic (exact) mass is 213 g/mol. The highest BCUT2D eigenvalue weighted by molar-refractivity contribution is 5.85. The van der Waals surface area contributed by atoms with E-state index in [0.717, 1.165) is 5.56 Å². The number of carbonyl (C=O) groups excluding carboxylic acids is 1. The number of ether oxygens (including phenoxy) is 1. The summed E-state index contributed by atoms with van der Waals surface area (Å²) in [5.74, 6) is 0. The third-order valence-corrected chi connectivity index (χ3v) is 2.06. The second kappa shape index (κ2) is 4.86. The van der Waals surface area contributed by atoms with E-state index >= 15 is 0 Å². The topological polar surface area (TPSA) is 29.5 Å². The van der Waals surface area contributed by atoms with Gasteiger partial charge in [0.2, 0.25) is 0 Å². The van der Waals surface area contributed by atoms with Crippen molar-refractivity contribution >= 4 is 18.5 Å². The van der Waals surface area contributed by atoms with E-state index in [2.05, 4.69) is 0 Å². The molecule has 0 radical (unpaired) electrons. The molecule has 0 aliphatic carbocycles. The fourth-order valence-electron chi connectivity index (χ4n) is 1.37. The smallest absolute Gasteiger partial charge is 0.410 e. The van der Waals surface area contributed by atoms with E-state index in [1.54, 1.807) is 4.90 Å². The SMILES string of the molecule is Cl.O=C1OCCN1Cc1ccccc1. The number of carbonyl (C=O) groups is 1. The van der Waals surface area contributed by atoms with Crippen LogP contribution in [-0.4, -0.2) is 24.1 Å². The van der Waals surface area contributed by atoms with Gasteiger partial charge in [-0.05, 0) is 5.56 Å². The largest absolute Gasteiger partial charge is 0.448 e. The van der Waals surface area contributed by atoms with Crippen LogP contribution in [0, 0.1) is 0 Å². The molecule has 0 N–H and O–H groups in total. The minimum atomic E-state index is -0.205. The minimum absolute atomic E-state index is 0. The molecule has 0 atom stereocenters. The maximum atomic E-state index is 11.1. The Balaban J connectivity index is 0.000000980. The number of hydrogen-bond acceptors (Lipinski definition) is 2. The highest BCUT2D eigenvalue weighted by atomic mass is 35.5. The maximum Gasteiger partial charge on any atom is 0.410 e. The summed E-state index contributed by atoms with van der Waals surface area (Å²) in [6.45, 7) is 1.87. The van der Waals surface area contributed by atoms with Gasteiger partial charge in [-0.25, -0.2) is 4.79 Å².